The van der Waals surface area contributed by atoms with Crippen molar-refractivity contribution in [3.05, 3.63) is 50.3 Å². The van der Waals surface area contributed by atoms with E-state index in [-0.39, 0.29) is 5.69 Å². The van der Waals surface area contributed by atoms with Crippen LogP contribution in [-0.2, 0) is 9.47 Å². The Bertz CT molecular complexity index is 801. The summed E-state index contributed by atoms with van der Waals surface area (Å²) in [6.07, 6.45) is 0. The van der Waals surface area contributed by atoms with Crippen molar-refractivity contribution in [2.45, 2.75) is 0 Å². The number of carbonyl (C=O) groups is 1. The van der Waals surface area contributed by atoms with Gasteiger partial charge < -0.3 is 19.7 Å². The molecule has 0 atom stereocenters. The average molecular weight is 316 g/mol. The number of rotatable bonds is 4. The second-order valence-electron chi connectivity index (χ2n) is 5.14. The monoisotopic (exact) mass is 316 g/mol. The number of para-hydroxylation sites is 1. The van der Waals surface area contributed by atoms with Crippen molar-refractivity contribution in [3.63, 3.8) is 0 Å². The second kappa shape index (κ2) is 6.21. The Kier molecular flexibility index (Phi) is 4.12. The number of hydrogen-bond donors (Lipinski definition) is 1. The van der Waals surface area contributed by atoms with Crippen molar-refractivity contribution in [3.8, 4) is 0 Å². The van der Waals surface area contributed by atoms with Crippen LogP contribution >= 0.6 is 0 Å². The summed E-state index contributed by atoms with van der Waals surface area (Å²) in [5, 5.41) is 2.92. The molecular formula is C16H16N2O5. The molecular weight excluding hydrogens is 300 g/mol. The fourth-order valence-electron chi connectivity index (χ4n) is 2.60. The number of morpholine rings is 1. The molecule has 1 aliphatic rings. The summed E-state index contributed by atoms with van der Waals surface area (Å²) in [4.78, 5) is 37.5. The minimum atomic E-state index is -0.578. The highest BCUT2D eigenvalue weighted by atomic mass is 16.5. The van der Waals surface area contributed by atoms with Crippen LogP contribution in [0.2, 0.25) is 0 Å². The Balaban J connectivity index is 1.93. The fourth-order valence-corrected chi connectivity index (χ4v) is 2.60. The van der Waals surface area contributed by atoms with Gasteiger partial charge in [-0.25, -0.2) is 4.79 Å². The van der Waals surface area contributed by atoms with Crippen LogP contribution in [0.25, 0.3) is 0 Å². The zero-order valence-electron chi connectivity index (χ0n) is 12.6. The van der Waals surface area contributed by atoms with E-state index in [9.17, 15) is 14.4 Å². The van der Waals surface area contributed by atoms with E-state index in [1.165, 1.54) is 7.11 Å². The van der Waals surface area contributed by atoms with Crippen molar-refractivity contribution >= 4 is 23.0 Å². The normalized spacial score (nSPS) is 14.7. The summed E-state index contributed by atoms with van der Waals surface area (Å²) < 4.78 is 9.98. The van der Waals surface area contributed by atoms with Gasteiger partial charge in [-0.1, -0.05) is 12.1 Å². The molecule has 1 N–H and O–H groups in total. The van der Waals surface area contributed by atoms with Gasteiger partial charge in [0, 0.05) is 13.1 Å². The first kappa shape index (κ1) is 15.2. The largest absolute Gasteiger partial charge is 0.465 e. The van der Waals surface area contributed by atoms with Gasteiger partial charge in [0.25, 0.3) is 10.9 Å². The van der Waals surface area contributed by atoms with Gasteiger partial charge in [-0.3, -0.25) is 9.59 Å². The number of methoxy groups -OCH3 is 1. The van der Waals surface area contributed by atoms with E-state index in [0.717, 1.165) is 0 Å². The first-order chi connectivity index (χ1) is 11.1. The molecule has 0 radical (unpaired) electrons. The summed E-state index contributed by atoms with van der Waals surface area (Å²) in [5.41, 5.74) is 0.222. The first-order valence-corrected chi connectivity index (χ1v) is 7.24. The molecule has 1 saturated heterocycles. The predicted molar refractivity (Wildman–Crippen MR) is 85.5 cm³/mol. The molecule has 0 unspecified atom stereocenters. The van der Waals surface area contributed by atoms with E-state index in [0.29, 0.717) is 43.2 Å². The van der Waals surface area contributed by atoms with Crippen LogP contribution in [0.1, 0.15) is 10.4 Å². The van der Waals surface area contributed by atoms with Gasteiger partial charge in [0.1, 0.15) is 11.4 Å². The van der Waals surface area contributed by atoms with Crippen LogP contribution in [0.5, 0.6) is 0 Å². The molecule has 7 nitrogen and oxygen atoms in total. The maximum atomic E-state index is 11.9. The van der Waals surface area contributed by atoms with E-state index in [2.05, 4.69) is 5.32 Å². The number of hydrogen-bond acceptors (Lipinski definition) is 7. The van der Waals surface area contributed by atoms with Gasteiger partial charge in [-0.2, -0.15) is 0 Å². The van der Waals surface area contributed by atoms with Crippen LogP contribution in [0.3, 0.4) is 0 Å². The smallest absolute Gasteiger partial charge is 0.339 e. The Morgan fingerprint density at radius 1 is 1.17 bits per heavy atom. The lowest BCUT2D eigenvalue weighted by Gasteiger charge is -2.31. The third-order valence-corrected chi connectivity index (χ3v) is 3.80. The SMILES string of the molecule is COC(=O)c1ccccc1Nc1c(N2CCOCC2)c(=O)c1=O. The third kappa shape index (κ3) is 2.70. The number of benzene rings is 1. The molecule has 2 aromatic carbocycles. The van der Waals surface area contributed by atoms with E-state index >= 15 is 0 Å². The van der Waals surface area contributed by atoms with Gasteiger partial charge in [0.05, 0.1) is 31.6 Å². The molecule has 0 amide bonds. The second-order valence-corrected chi connectivity index (χ2v) is 5.14. The van der Waals surface area contributed by atoms with E-state index in [1.54, 1.807) is 24.3 Å². The van der Waals surface area contributed by atoms with E-state index in [1.807, 2.05) is 4.90 Å². The zero-order chi connectivity index (χ0) is 16.4. The molecule has 1 fully saturated rings. The number of nitrogens with zero attached hydrogens (tertiary/aromatic N) is 1. The quantitative estimate of drug-likeness (QED) is 0.655. The number of nitrogens with one attached hydrogen (secondary N) is 1. The minimum absolute atomic E-state index is 0.216. The minimum Gasteiger partial charge on any atom is -0.465 e. The molecule has 1 heterocycles. The Morgan fingerprint density at radius 2 is 1.87 bits per heavy atom. The molecule has 0 bridgehead atoms. The van der Waals surface area contributed by atoms with E-state index in [4.69, 9.17) is 9.47 Å². The Labute approximate surface area is 132 Å². The maximum absolute atomic E-state index is 11.9. The van der Waals surface area contributed by atoms with Crippen LogP contribution in [-0.4, -0.2) is 39.4 Å². The topological polar surface area (TPSA) is 84.9 Å². The van der Waals surface area contributed by atoms with Gasteiger partial charge in [-0.15, -0.1) is 0 Å². The van der Waals surface area contributed by atoms with Crippen molar-refractivity contribution in [2.24, 2.45) is 0 Å². The molecule has 120 valence electrons. The van der Waals surface area contributed by atoms with Gasteiger partial charge >= 0.3 is 5.97 Å². The average Bonchev–Trinajstić information content (AvgIpc) is 2.61. The highest BCUT2D eigenvalue weighted by Gasteiger charge is 2.28. The highest BCUT2D eigenvalue weighted by Crippen LogP contribution is 2.27. The lowest BCUT2D eigenvalue weighted by Crippen LogP contribution is -2.46. The number of anilines is 3. The maximum Gasteiger partial charge on any atom is 0.339 e. The van der Waals surface area contributed by atoms with Crippen molar-refractivity contribution in [1.29, 1.82) is 0 Å². The fraction of sp³-hybridized carbons (Fsp3) is 0.312. The number of ether oxygens (including phenoxy) is 2. The summed E-state index contributed by atoms with van der Waals surface area (Å²) in [7, 11) is 1.29. The third-order valence-electron chi connectivity index (χ3n) is 3.80. The molecule has 0 aromatic heterocycles. The van der Waals surface area contributed by atoms with Crippen LogP contribution in [0, 0.1) is 0 Å². The summed E-state index contributed by atoms with van der Waals surface area (Å²) in [6.45, 7) is 2.13. The molecule has 0 aliphatic carbocycles. The van der Waals surface area contributed by atoms with E-state index < -0.39 is 16.8 Å². The first-order valence-electron chi connectivity index (χ1n) is 7.24. The molecule has 0 spiro atoms. The van der Waals surface area contributed by atoms with Crippen molar-refractivity contribution in [1.82, 2.24) is 0 Å². The molecule has 1 aliphatic heterocycles. The zero-order valence-corrected chi connectivity index (χ0v) is 12.6. The Morgan fingerprint density at radius 3 is 2.57 bits per heavy atom. The summed E-state index contributed by atoms with van der Waals surface area (Å²) in [5.74, 6) is -0.514. The van der Waals surface area contributed by atoms with Crippen LogP contribution in [0.15, 0.2) is 33.9 Å². The molecule has 0 saturated carbocycles. The van der Waals surface area contributed by atoms with Gasteiger partial charge in [0.15, 0.2) is 0 Å². The molecule has 2 aromatic rings. The van der Waals surface area contributed by atoms with Gasteiger partial charge in [0.2, 0.25) is 0 Å². The lowest BCUT2D eigenvalue weighted by atomic mass is 10.1. The van der Waals surface area contributed by atoms with Crippen molar-refractivity contribution in [2.75, 3.05) is 43.6 Å². The van der Waals surface area contributed by atoms with Crippen LogP contribution in [0.4, 0.5) is 17.1 Å². The van der Waals surface area contributed by atoms with Crippen LogP contribution < -0.4 is 21.1 Å². The van der Waals surface area contributed by atoms with Crippen molar-refractivity contribution < 1.29 is 14.3 Å². The summed E-state index contributed by atoms with van der Waals surface area (Å²) >= 11 is 0. The summed E-state index contributed by atoms with van der Waals surface area (Å²) in [6, 6.07) is 6.68. The molecule has 23 heavy (non-hydrogen) atoms. The number of esters is 1. The molecule has 7 heteroatoms. The highest BCUT2D eigenvalue weighted by molar-refractivity contribution is 5.97. The predicted octanol–water partition coefficient (Wildman–Crippen LogP) is 0.649. The Hall–Kier alpha value is -2.67. The number of carbonyl (C=O) groups excluding carboxylic acids is 1. The van der Waals surface area contributed by atoms with Gasteiger partial charge in [-0.05, 0) is 12.1 Å². The lowest BCUT2D eigenvalue weighted by molar-refractivity contribution is 0.0602. The molecule has 3 rings (SSSR count). The standard InChI is InChI=1S/C16H16N2O5/c1-22-16(21)10-4-2-3-5-11(10)17-12-13(15(20)14(12)19)18-6-8-23-9-7-18/h2-5,17H,6-9H2,1H3.